The number of carbonyl (C=O) groups excluding carboxylic acids is 1. The van der Waals surface area contributed by atoms with Crippen molar-refractivity contribution >= 4 is 21.6 Å². The van der Waals surface area contributed by atoms with Crippen LogP contribution in [0.15, 0.2) is 29.2 Å². The monoisotopic (exact) mass is 380 g/mol. The number of anilines is 1. The average Bonchev–Trinajstić information content (AvgIpc) is 2.67. The summed E-state index contributed by atoms with van der Waals surface area (Å²) in [6, 6.07) is 7.20. The van der Waals surface area contributed by atoms with Crippen LogP contribution >= 0.6 is 0 Å². The molecule has 2 aliphatic rings. The zero-order chi connectivity index (χ0) is 18.7. The third-order valence-electron chi connectivity index (χ3n) is 5.81. The molecular weight excluding hydrogens is 352 g/mol. The Hall–Kier alpha value is -1.76. The summed E-state index contributed by atoms with van der Waals surface area (Å²) in [5.74, 6) is 1.40. The highest BCUT2D eigenvalue weighted by molar-refractivity contribution is 7.90. The number of nitrogens with zero attached hydrogens (tertiary/aromatic N) is 2. The fourth-order valence-corrected chi connectivity index (χ4v) is 4.85. The molecule has 2 saturated heterocycles. The average molecular weight is 381 g/mol. The first-order valence-corrected chi connectivity index (χ1v) is 11.2. The van der Waals surface area contributed by atoms with Crippen LogP contribution in [0.5, 0.6) is 0 Å². The minimum Gasteiger partial charge on any atom is -0.453 e. The molecule has 2 heterocycles. The number of rotatable bonds is 3. The van der Waals surface area contributed by atoms with Gasteiger partial charge in [-0.25, -0.2) is 13.2 Å². The fraction of sp³-hybridized carbons (Fsp3) is 0.632. The number of benzene rings is 1. The summed E-state index contributed by atoms with van der Waals surface area (Å²) in [5.41, 5.74) is 1.09. The number of methoxy groups -OCH3 is 1. The first-order valence-electron chi connectivity index (χ1n) is 9.26. The Bertz CT molecular complexity index is 716. The Morgan fingerprint density at radius 1 is 0.962 bits per heavy atom. The lowest BCUT2D eigenvalue weighted by molar-refractivity contribution is 0.0928. The highest BCUT2D eigenvalue weighted by atomic mass is 32.2. The third-order valence-corrected chi connectivity index (χ3v) is 6.94. The lowest BCUT2D eigenvalue weighted by atomic mass is 9.79. The maximum Gasteiger partial charge on any atom is 0.409 e. The number of hydrogen-bond acceptors (Lipinski definition) is 5. The zero-order valence-corrected chi connectivity index (χ0v) is 16.4. The molecule has 0 aliphatic carbocycles. The van der Waals surface area contributed by atoms with Gasteiger partial charge in [0.1, 0.15) is 0 Å². The zero-order valence-electron chi connectivity index (χ0n) is 15.6. The van der Waals surface area contributed by atoms with Crippen LogP contribution < -0.4 is 4.90 Å². The molecule has 26 heavy (non-hydrogen) atoms. The number of sulfone groups is 1. The quantitative estimate of drug-likeness (QED) is 0.807. The van der Waals surface area contributed by atoms with E-state index < -0.39 is 9.84 Å². The van der Waals surface area contributed by atoms with Gasteiger partial charge in [0.15, 0.2) is 9.84 Å². The Balaban J connectivity index is 1.51. The minimum absolute atomic E-state index is 0.212. The van der Waals surface area contributed by atoms with E-state index in [0.29, 0.717) is 16.7 Å². The van der Waals surface area contributed by atoms with Crippen LogP contribution in [0.4, 0.5) is 10.5 Å². The highest BCUT2D eigenvalue weighted by Crippen LogP contribution is 2.34. The topological polar surface area (TPSA) is 66.9 Å². The minimum atomic E-state index is -3.14. The summed E-state index contributed by atoms with van der Waals surface area (Å²) in [6.07, 6.45) is 5.44. The molecule has 6 nitrogen and oxygen atoms in total. The van der Waals surface area contributed by atoms with Crippen LogP contribution in [-0.2, 0) is 14.6 Å². The summed E-state index contributed by atoms with van der Waals surface area (Å²) in [7, 11) is -1.70. The normalized spacial score (nSPS) is 20.2. The molecular formula is C19H28N2O4S. The van der Waals surface area contributed by atoms with Crippen molar-refractivity contribution in [1.29, 1.82) is 0 Å². The van der Waals surface area contributed by atoms with Crippen molar-refractivity contribution < 1.29 is 17.9 Å². The predicted octanol–water partition coefficient (Wildman–Crippen LogP) is 2.78. The molecule has 0 spiro atoms. The summed E-state index contributed by atoms with van der Waals surface area (Å²) < 4.78 is 28.0. The van der Waals surface area contributed by atoms with Crippen molar-refractivity contribution in [1.82, 2.24) is 4.90 Å². The number of hydrogen-bond donors (Lipinski definition) is 0. The van der Waals surface area contributed by atoms with Gasteiger partial charge in [0.25, 0.3) is 0 Å². The molecule has 1 aromatic carbocycles. The number of ether oxygens (including phenoxy) is 1. The number of amides is 1. The van der Waals surface area contributed by atoms with E-state index in [0.717, 1.165) is 57.5 Å². The van der Waals surface area contributed by atoms with E-state index in [-0.39, 0.29) is 6.09 Å². The molecule has 1 amide bonds. The van der Waals surface area contributed by atoms with Crippen molar-refractivity contribution in [3.8, 4) is 0 Å². The molecule has 3 rings (SSSR count). The van der Waals surface area contributed by atoms with Gasteiger partial charge >= 0.3 is 6.09 Å². The lowest BCUT2D eigenvalue weighted by Crippen LogP contribution is -2.42. The predicted molar refractivity (Wildman–Crippen MR) is 101 cm³/mol. The molecule has 2 fully saturated rings. The summed E-state index contributed by atoms with van der Waals surface area (Å²) in [5, 5.41) is 0. The van der Waals surface area contributed by atoms with E-state index in [1.165, 1.54) is 13.4 Å². The number of carbonyl (C=O) groups is 1. The SMILES string of the molecule is COC(=O)N1CCC(C2CCN(c3ccc(S(C)(=O)=O)cc3)CC2)CC1. The van der Waals surface area contributed by atoms with E-state index in [2.05, 4.69) is 4.90 Å². The smallest absolute Gasteiger partial charge is 0.409 e. The van der Waals surface area contributed by atoms with Gasteiger partial charge in [0, 0.05) is 38.1 Å². The Morgan fingerprint density at radius 3 is 1.92 bits per heavy atom. The van der Waals surface area contributed by atoms with Gasteiger partial charge in [-0.15, -0.1) is 0 Å². The van der Waals surface area contributed by atoms with Gasteiger partial charge in [-0.3, -0.25) is 0 Å². The molecule has 0 N–H and O–H groups in total. The standard InChI is InChI=1S/C19H28N2O4S/c1-25-19(22)21-13-9-16(10-14-21)15-7-11-20(12-8-15)17-3-5-18(6-4-17)26(2,23)24/h3-6,15-16H,7-14H2,1-2H3. The largest absolute Gasteiger partial charge is 0.453 e. The van der Waals surface area contributed by atoms with Gasteiger partial charge in [0.2, 0.25) is 0 Å². The first-order chi connectivity index (χ1) is 12.4. The first kappa shape index (κ1) is 19.0. The summed E-state index contributed by atoms with van der Waals surface area (Å²) in [6.45, 7) is 3.59. The van der Waals surface area contributed by atoms with Gasteiger partial charge in [-0.1, -0.05) is 0 Å². The summed E-state index contributed by atoms with van der Waals surface area (Å²) in [4.78, 5) is 16.1. The van der Waals surface area contributed by atoms with E-state index in [1.54, 1.807) is 17.0 Å². The van der Waals surface area contributed by atoms with Crippen molar-refractivity contribution in [3.63, 3.8) is 0 Å². The second kappa shape index (κ2) is 7.86. The molecule has 0 radical (unpaired) electrons. The maximum absolute atomic E-state index is 11.6. The van der Waals surface area contributed by atoms with Gasteiger partial charge in [-0.2, -0.15) is 0 Å². The Labute approximate surface area is 156 Å². The van der Waals surface area contributed by atoms with E-state index in [9.17, 15) is 13.2 Å². The number of piperidine rings is 2. The maximum atomic E-state index is 11.6. The van der Waals surface area contributed by atoms with Gasteiger partial charge in [-0.05, 0) is 61.8 Å². The van der Waals surface area contributed by atoms with E-state index >= 15 is 0 Å². The lowest BCUT2D eigenvalue weighted by Gasteiger charge is -2.40. The molecule has 2 aliphatic heterocycles. The molecule has 0 aromatic heterocycles. The Morgan fingerprint density at radius 2 is 1.46 bits per heavy atom. The van der Waals surface area contributed by atoms with Crippen LogP contribution in [-0.4, -0.2) is 59.0 Å². The van der Waals surface area contributed by atoms with Crippen molar-refractivity contribution in [2.24, 2.45) is 11.8 Å². The van der Waals surface area contributed by atoms with Crippen molar-refractivity contribution in [2.45, 2.75) is 30.6 Å². The molecule has 0 saturated carbocycles. The van der Waals surface area contributed by atoms with Crippen LogP contribution in [0.1, 0.15) is 25.7 Å². The number of likely N-dealkylation sites (tertiary alicyclic amines) is 1. The molecule has 144 valence electrons. The van der Waals surface area contributed by atoms with E-state index in [4.69, 9.17) is 4.74 Å². The van der Waals surface area contributed by atoms with Gasteiger partial charge < -0.3 is 14.5 Å². The Kier molecular flexibility index (Phi) is 5.75. The van der Waals surface area contributed by atoms with Crippen LogP contribution in [0.2, 0.25) is 0 Å². The fourth-order valence-electron chi connectivity index (χ4n) is 4.22. The van der Waals surface area contributed by atoms with Crippen LogP contribution in [0.3, 0.4) is 0 Å². The van der Waals surface area contributed by atoms with Gasteiger partial charge in [0.05, 0.1) is 12.0 Å². The highest BCUT2D eigenvalue weighted by Gasteiger charge is 2.31. The van der Waals surface area contributed by atoms with Crippen LogP contribution in [0.25, 0.3) is 0 Å². The van der Waals surface area contributed by atoms with Crippen molar-refractivity contribution in [2.75, 3.05) is 44.4 Å². The molecule has 7 heteroatoms. The molecule has 0 atom stereocenters. The second-order valence-electron chi connectivity index (χ2n) is 7.39. The van der Waals surface area contributed by atoms with E-state index in [1.807, 2.05) is 12.1 Å². The second-order valence-corrected chi connectivity index (χ2v) is 9.40. The third kappa shape index (κ3) is 4.31. The van der Waals surface area contributed by atoms with Crippen molar-refractivity contribution in [3.05, 3.63) is 24.3 Å². The molecule has 0 unspecified atom stereocenters. The molecule has 1 aromatic rings. The summed E-state index contributed by atoms with van der Waals surface area (Å²) >= 11 is 0. The molecule has 0 bridgehead atoms. The van der Waals surface area contributed by atoms with Crippen LogP contribution in [0, 0.1) is 11.8 Å².